The van der Waals surface area contributed by atoms with Gasteiger partial charge in [0.1, 0.15) is 0 Å². The van der Waals surface area contributed by atoms with Crippen molar-refractivity contribution in [3.8, 4) is 0 Å². The molecule has 22 heavy (non-hydrogen) atoms. The van der Waals surface area contributed by atoms with Crippen molar-refractivity contribution in [2.24, 2.45) is 10.7 Å². The number of hydrogen-bond acceptors (Lipinski definition) is 3. The molecule has 1 heterocycles. The number of anilines is 1. The molecule has 1 saturated heterocycles. The Morgan fingerprint density at radius 1 is 1.23 bits per heavy atom. The minimum Gasteiger partial charge on any atom is -0.453 e. The van der Waals surface area contributed by atoms with Crippen LogP contribution >= 0.6 is 0 Å². The van der Waals surface area contributed by atoms with E-state index in [1.165, 1.54) is 32.8 Å². The molecule has 6 heteroatoms. The highest BCUT2D eigenvalue weighted by atomic mass is 16.5. The first-order valence-corrected chi connectivity index (χ1v) is 7.68. The zero-order valence-electron chi connectivity index (χ0n) is 13.0. The normalized spacial score (nSPS) is 16.0. The summed E-state index contributed by atoms with van der Waals surface area (Å²) in [5.74, 6) is 0.624. The van der Waals surface area contributed by atoms with Crippen LogP contribution in [0.4, 0.5) is 10.5 Å². The predicted molar refractivity (Wildman–Crippen MR) is 87.8 cm³/mol. The fourth-order valence-electron chi connectivity index (χ4n) is 2.43. The van der Waals surface area contributed by atoms with Gasteiger partial charge in [0.2, 0.25) is 0 Å². The number of methoxy groups -OCH3 is 1. The summed E-state index contributed by atoms with van der Waals surface area (Å²) in [6.45, 7) is 2.54. The van der Waals surface area contributed by atoms with Gasteiger partial charge in [-0.05, 0) is 30.5 Å². The average Bonchev–Trinajstić information content (AvgIpc) is 2.83. The maximum atomic E-state index is 11.1. The Hall–Kier alpha value is -2.24. The highest BCUT2D eigenvalue weighted by Gasteiger charge is 2.10. The highest BCUT2D eigenvalue weighted by Crippen LogP contribution is 2.12. The molecule has 0 atom stereocenters. The quantitative estimate of drug-likeness (QED) is 0.664. The number of carbonyl (C=O) groups excluding carboxylic acids is 1. The third-order valence-corrected chi connectivity index (χ3v) is 3.74. The lowest BCUT2D eigenvalue weighted by molar-refractivity contribution is 0.187. The van der Waals surface area contributed by atoms with Crippen LogP contribution in [0.25, 0.3) is 0 Å². The van der Waals surface area contributed by atoms with Crippen LogP contribution in [0.1, 0.15) is 31.2 Å². The maximum absolute atomic E-state index is 11.1. The van der Waals surface area contributed by atoms with Crippen molar-refractivity contribution >= 4 is 17.7 Å². The van der Waals surface area contributed by atoms with Gasteiger partial charge in [-0.1, -0.05) is 25.0 Å². The zero-order chi connectivity index (χ0) is 15.8. The molecule has 1 aliphatic heterocycles. The average molecular weight is 304 g/mol. The van der Waals surface area contributed by atoms with Crippen molar-refractivity contribution in [1.82, 2.24) is 4.90 Å². The Kier molecular flexibility index (Phi) is 6.06. The number of ether oxygens (including phenoxy) is 1. The molecule has 1 aliphatic rings. The number of nitrogens with one attached hydrogen (secondary N) is 1. The highest BCUT2D eigenvalue weighted by molar-refractivity contribution is 5.84. The molecule has 6 nitrogen and oxygen atoms in total. The van der Waals surface area contributed by atoms with Crippen LogP contribution in [0.15, 0.2) is 29.3 Å². The number of likely N-dealkylation sites (tertiary alicyclic amines) is 1. The van der Waals surface area contributed by atoms with Gasteiger partial charge < -0.3 is 15.4 Å². The summed E-state index contributed by atoms with van der Waals surface area (Å²) in [5, 5.41) is 2.61. The van der Waals surface area contributed by atoms with Crippen LogP contribution in [-0.4, -0.2) is 37.2 Å². The molecule has 0 aromatic heterocycles. The van der Waals surface area contributed by atoms with Gasteiger partial charge in [-0.25, -0.2) is 9.79 Å². The molecule has 0 bridgehead atoms. The van der Waals surface area contributed by atoms with Crippen LogP contribution < -0.4 is 11.1 Å². The van der Waals surface area contributed by atoms with Gasteiger partial charge in [-0.15, -0.1) is 0 Å². The molecule has 0 saturated carbocycles. The molecule has 0 unspecified atom stereocenters. The van der Waals surface area contributed by atoms with Gasteiger partial charge in [0.05, 0.1) is 13.7 Å². The minimum absolute atomic E-state index is 0.476. The first kappa shape index (κ1) is 16.1. The smallest absolute Gasteiger partial charge is 0.411 e. The molecule has 1 aromatic rings. The van der Waals surface area contributed by atoms with Crippen molar-refractivity contribution in [2.75, 3.05) is 25.5 Å². The van der Waals surface area contributed by atoms with Crippen molar-refractivity contribution < 1.29 is 9.53 Å². The number of hydrogen-bond donors (Lipinski definition) is 2. The Morgan fingerprint density at radius 2 is 1.86 bits per heavy atom. The summed E-state index contributed by atoms with van der Waals surface area (Å²) in [6, 6.07) is 7.49. The van der Waals surface area contributed by atoms with E-state index in [0.29, 0.717) is 18.2 Å². The van der Waals surface area contributed by atoms with E-state index in [4.69, 9.17) is 5.73 Å². The van der Waals surface area contributed by atoms with Crippen LogP contribution in [0.2, 0.25) is 0 Å². The summed E-state index contributed by atoms with van der Waals surface area (Å²) in [5.41, 5.74) is 7.83. The van der Waals surface area contributed by atoms with Crippen LogP contribution in [0.5, 0.6) is 0 Å². The Balaban J connectivity index is 1.89. The fraction of sp³-hybridized carbons (Fsp3) is 0.500. The van der Waals surface area contributed by atoms with Crippen LogP contribution in [0, 0.1) is 0 Å². The number of aliphatic imine (C=N–C) groups is 1. The third-order valence-electron chi connectivity index (χ3n) is 3.74. The summed E-state index contributed by atoms with van der Waals surface area (Å²) in [6.07, 6.45) is 4.45. The fourth-order valence-corrected chi connectivity index (χ4v) is 2.43. The molecule has 0 aliphatic carbocycles. The largest absolute Gasteiger partial charge is 0.453 e. The number of nitrogens with zero attached hydrogens (tertiary/aromatic N) is 2. The second-order valence-corrected chi connectivity index (χ2v) is 5.39. The molecule has 1 aromatic carbocycles. The van der Waals surface area contributed by atoms with Gasteiger partial charge in [-0.3, -0.25) is 5.32 Å². The van der Waals surface area contributed by atoms with Crippen molar-refractivity contribution in [3.05, 3.63) is 29.8 Å². The number of nitrogens with two attached hydrogens (primary N) is 1. The van der Waals surface area contributed by atoms with E-state index in [-0.39, 0.29) is 0 Å². The maximum Gasteiger partial charge on any atom is 0.411 e. The topological polar surface area (TPSA) is 79.9 Å². The predicted octanol–water partition coefficient (Wildman–Crippen LogP) is 2.56. The van der Waals surface area contributed by atoms with Gasteiger partial charge >= 0.3 is 6.09 Å². The lowest BCUT2D eigenvalue weighted by Gasteiger charge is -2.21. The summed E-state index contributed by atoms with van der Waals surface area (Å²) in [4.78, 5) is 17.7. The Morgan fingerprint density at radius 3 is 2.45 bits per heavy atom. The molecule has 1 fully saturated rings. The van der Waals surface area contributed by atoms with Crippen molar-refractivity contribution in [2.45, 2.75) is 32.2 Å². The molecular weight excluding hydrogens is 280 g/mol. The monoisotopic (exact) mass is 304 g/mol. The first-order valence-electron chi connectivity index (χ1n) is 7.68. The molecule has 3 N–H and O–H groups in total. The third kappa shape index (κ3) is 4.95. The summed E-state index contributed by atoms with van der Waals surface area (Å²) in [7, 11) is 1.34. The van der Waals surface area contributed by atoms with Crippen molar-refractivity contribution in [1.29, 1.82) is 0 Å². The van der Waals surface area contributed by atoms with E-state index in [9.17, 15) is 4.79 Å². The molecule has 0 spiro atoms. The second kappa shape index (κ2) is 8.26. The number of guanidine groups is 1. The molecular formula is C16H24N4O2. The first-order chi connectivity index (χ1) is 10.7. The molecule has 2 rings (SSSR count). The standard InChI is InChI=1S/C16H24N4O2/c1-22-16(21)19-14-8-6-13(7-9-14)12-18-15(17)20-10-4-2-3-5-11-20/h6-9H,2-5,10-12H2,1H3,(H2,17,18)(H,19,21). The lowest BCUT2D eigenvalue weighted by atomic mass is 10.2. The van der Waals surface area contributed by atoms with E-state index in [0.717, 1.165) is 18.7 Å². The van der Waals surface area contributed by atoms with Crippen molar-refractivity contribution in [3.63, 3.8) is 0 Å². The minimum atomic E-state index is -0.476. The second-order valence-electron chi connectivity index (χ2n) is 5.39. The molecule has 1 amide bonds. The van der Waals surface area contributed by atoms with Gasteiger partial charge in [0.15, 0.2) is 5.96 Å². The number of carbonyl (C=O) groups is 1. The lowest BCUT2D eigenvalue weighted by Crippen LogP contribution is -2.38. The van der Waals surface area contributed by atoms with Gasteiger partial charge in [0.25, 0.3) is 0 Å². The zero-order valence-corrected chi connectivity index (χ0v) is 13.0. The number of benzene rings is 1. The number of amides is 1. The van der Waals surface area contributed by atoms with Crippen LogP contribution in [0.3, 0.4) is 0 Å². The van der Waals surface area contributed by atoms with E-state index < -0.39 is 6.09 Å². The van der Waals surface area contributed by atoms with Gasteiger partial charge in [-0.2, -0.15) is 0 Å². The summed E-state index contributed by atoms with van der Waals surface area (Å²) >= 11 is 0. The van der Waals surface area contributed by atoms with Gasteiger partial charge in [0, 0.05) is 18.8 Å². The molecule has 120 valence electrons. The number of rotatable bonds is 3. The van der Waals surface area contributed by atoms with E-state index >= 15 is 0 Å². The van der Waals surface area contributed by atoms with E-state index in [1.807, 2.05) is 24.3 Å². The van der Waals surface area contributed by atoms with E-state index in [1.54, 1.807) is 0 Å². The van der Waals surface area contributed by atoms with E-state index in [2.05, 4.69) is 19.9 Å². The SMILES string of the molecule is COC(=O)Nc1ccc(CN=C(N)N2CCCCCC2)cc1. The Labute approximate surface area is 131 Å². The van der Waals surface area contributed by atoms with Crippen LogP contribution in [-0.2, 0) is 11.3 Å². The summed E-state index contributed by atoms with van der Waals surface area (Å²) < 4.78 is 4.55. The molecule has 0 radical (unpaired) electrons. The Bertz CT molecular complexity index is 505.